The van der Waals surface area contributed by atoms with Crippen LogP contribution in [0.3, 0.4) is 0 Å². The van der Waals surface area contributed by atoms with Crippen molar-refractivity contribution in [2.45, 2.75) is 32.6 Å². The van der Waals surface area contributed by atoms with Crippen LogP contribution < -0.4 is 4.90 Å². The molecule has 0 aromatic heterocycles. The van der Waals surface area contributed by atoms with Gasteiger partial charge in [0.25, 0.3) is 0 Å². The number of carbonyl (C=O) groups is 4. The molecule has 9 heteroatoms. The molecule has 0 radical (unpaired) electrons. The number of imide groups is 2. The lowest BCUT2D eigenvalue weighted by atomic mass is 9.51. The van der Waals surface area contributed by atoms with E-state index in [1.807, 2.05) is 6.08 Å². The molecule has 0 bridgehead atoms. The third kappa shape index (κ3) is 3.13. The first-order valence-corrected chi connectivity index (χ1v) is 13.2. The van der Waals surface area contributed by atoms with Crippen LogP contribution in [0, 0.1) is 34.9 Å². The van der Waals surface area contributed by atoms with Crippen LogP contribution in [0.2, 0.25) is 5.02 Å². The first-order chi connectivity index (χ1) is 18.1. The van der Waals surface area contributed by atoms with E-state index in [9.17, 15) is 28.7 Å². The molecular formula is C29H26ClFN2O5. The number of phenols is 1. The third-order valence-corrected chi connectivity index (χ3v) is 9.38. The third-order valence-electron chi connectivity index (χ3n) is 9.09. The number of aromatic hydroxyl groups is 1. The van der Waals surface area contributed by atoms with Crippen LogP contribution in [0.1, 0.15) is 38.2 Å². The Balaban J connectivity index is 1.53. The number of phenolic OH excluding ortho intramolecular Hbond substituents is 1. The molecule has 2 aromatic carbocycles. The van der Waals surface area contributed by atoms with Crippen LogP contribution in [-0.4, -0.2) is 40.2 Å². The highest BCUT2D eigenvalue weighted by Gasteiger charge is 2.67. The Labute approximate surface area is 223 Å². The maximum absolute atomic E-state index is 14.2. The van der Waals surface area contributed by atoms with Gasteiger partial charge in [-0.05, 0) is 56.9 Å². The number of hydrogen-bond donors (Lipinski definition) is 1. The number of nitrogens with zero attached hydrogens (tertiary/aromatic N) is 2. The van der Waals surface area contributed by atoms with Gasteiger partial charge in [0.05, 0.1) is 33.9 Å². The fraction of sp³-hybridized carbons (Fsp3) is 0.379. The summed E-state index contributed by atoms with van der Waals surface area (Å²) < 4.78 is 13.9. The summed E-state index contributed by atoms with van der Waals surface area (Å²) in [7, 11) is 0. The lowest BCUT2D eigenvalue weighted by molar-refractivity contribution is -0.140. The van der Waals surface area contributed by atoms with Crippen LogP contribution >= 0.6 is 11.6 Å². The van der Waals surface area contributed by atoms with Gasteiger partial charge < -0.3 is 5.11 Å². The summed E-state index contributed by atoms with van der Waals surface area (Å²) in [4.78, 5) is 57.0. The number of anilines is 1. The van der Waals surface area contributed by atoms with Gasteiger partial charge in [0.2, 0.25) is 23.6 Å². The summed E-state index contributed by atoms with van der Waals surface area (Å²) in [5.74, 6) is -5.21. The van der Waals surface area contributed by atoms with Gasteiger partial charge >= 0.3 is 0 Å². The van der Waals surface area contributed by atoms with Crippen LogP contribution in [0.15, 0.2) is 54.1 Å². The molecule has 3 fully saturated rings. The lowest BCUT2D eigenvalue weighted by Gasteiger charge is -2.49. The molecule has 2 aliphatic heterocycles. The fourth-order valence-corrected chi connectivity index (χ4v) is 7.51. The Morgan fingerprint density at radius 1 is 1.05 bits per heavy atom. The highest BCUT2D eigenvalue weighted by molar-refractivity contribution is 6.31. The highest BCUT2D eigenvalue weighted by atomic mass is 35.5. The maximum atomic E-state index is 14.2. The van der Waals surface area contributed by atoms with Gasteiger partial charge in [-0.3, -0.25) is 24.1 Å². The molecule has 38 heavy (non-hydrogen) atoms. The Bertz CT molecular complexity index is 1460. The molecule has 2 heterocycles. The Kier molecular flexibility index (Phi) is 5.54. The number of amides is 4. The van der Waals surface area contributed by atoms with E-state index in [1.54, 1.807) is 32.0 Å². The van der Waals surface area contributed by atoms with Gasteiger partial charge in [-0.25, -0.2) is 9.29 Å². The molecule has 1 saturated carbocycles. The number of benzene rings is 2. The smallest absolute Gasteiger partial charge is 0.241 e. The monoisotopic (exact) mass is 536 g/mol. The molecular weight excluding hydrogens is 511 g/mol. The summed E-state index contributed by atoms with van der Waals surface area (Å²) in [6.45, 7) is 3.76. The lowest BCUT2D eigenvalue weighted by Crippen LogP contribution is -2.48. The van der Waals surface area contributed by atoms with E-state index in [2.05, 4.69) is 0 Å². The van der Waals surface area contributed by atoms with E-state index in [4.69, 9.17) is 11.6 Å². The van der Waals surface area contributed by atoms with Crippen molar-refractivity contribution in [2.24, 2.45) is 29.1 Å². The summed E-state index contributed by atoms with van der Waals surface area (Å²) in [5, 5.41) is 10.7. The predicted octanol–water partition coefficient (Wildman–Crippen LogP) is 4.44. The van der Waals surface area contributed by atoms with Crippen molar-refractivity contribution in [3.05, 3.63) is 70.5 Å². The van der Waals surface area contributed by atoms with E-state index in [1.165, 1.54) is 23.1 Å². The zero-order valence-electron chi connectivity index (χ0n) is 20.9. The van der Waals surface area contributed by atoms with E-state index in [0.29, 0.717) is 12.0 Å². The molecule has 1 N–H and O–H groups in total. The molecule has 4 aliphatic rings. The topological polar surface area (TPSA) is 95.0 Å². The largest absolute Gasteiger partial charge is 0.508 e. The molecule has 6 unspecified atom stereocenters. The van der Waals surface area contributed by atoms with Crippen LogP contribution in [0.5, 0.6) is 5.75 Å². The second kappa shape index (κ2) is 8.50. The van der Waals surface area contributed by atoms with Crippen molar-refractivity contribution < 1.29 is 28.7 Å². The molecule has 7 nitrogen and oxygen atoms in total. The minimum atomic E-state index is -1.29. The number of likely N-dealkylation sites (tertiary alicyclic amines) is 1. The summed E-state index contributed by atoms with van der Waals surface area (Å²) in [6.07, 6.45) is 2.49. The quantitative estimate of drug-likeness (QED) is 0.462. The van der Waals surface area contributed by atoms with E-state index in [0.717, 1.165) is 16.5 Å². The minimum Gasteiger partial charge on any atom is -0.508 e. The summed E-state index contributed by atoms with van der Waals surface area (Å²) >= 11 is 6.00. The van der Waals surface area contributed by atoms with Crippen molar-refractivity contribution in [3.8, 4) is 5.75 Å². The first-order valence-electron chi connectivity index (χ1n) is 12.8. The predicted molar refractivity (Wildman–Crippen MR) is 137 cm³/mol. The van der Waals surface area contributed by atoms with Gasteiger partial charge in [-0.1, -0.05) is 41.4 Å². The first kappa shape index (κ1) is 24.8. The van der Waals surface area contributed by atoms with Gasteiger partial charge in [0.1, 0.15) is 11.6 Å². The fourth-order valence-electron chi connectivity index (χ4n) is 7.34. The molecule has 196 valence electrons. The Hall–Kier alpha value is -3.52. The van der Waals surface area contributed by atoms with E-state index in [-0.39, 0.29) is 41.2 Å². The average molecular weight is 537 g/mol. The van der Waals surface area contributed by atoms with Crippen molar-refractivity contribution >= 4 is 40.9 Å². The molecule has 2 saturated heterocycles. The number of hydrogen-bond acceptors (Lipinski definition) is 5. The van der Waals surface area contributed by atoms with Crippen LogP contribution in [0.4, 0.5) is 10.1 Å². The zero-order chi connectivity index (χ0) is 27.1. The highest BCUT2D eigenvalue weighted by Crippen LogP contribution is 2.64. The number of rotatable bonds is 3. The number of fused-ring (bicyclic) bond motifs is 4. The number of allylic oxidation sites excluding steroid dienone is 2. The van der Waals surface area contributed by atoms with Crippen LogP contribution in [-0.2, 0) is 19.2 Å². The summed E-state index contributed by atoms with van der Waals surface area (Å²) in [5.41, 5.74) is 0.156. The zero-order valence-corrected chi connectivity index (χ0v) is 21.6. The van der Waals surface area contributed by atoms with E-state index >= 15 is 0 Å². The molecule has 0 spiro atoms. The second-order valence-corrected chi connectivity index (χ2v) is 11.1. The van der Waals surface area contributed by atoms with Gasteiger partial charge in [-0.15, -0.1) is 0 Å². The van der Waals surface area contributed by atoms with Crippen molar-refractivity contribution in [3.63, 3.8) is 0 Å². The number of halogens is 2. The SMILES string of the molecule is CCN1C(=O)C2CC=C3C(CC4C(=O)N(c5ccc(F)c(Cl)c5)C(=O)C4(C)C3c3ccccc3O)C2C1=O. The second-order valence-electron chi connectivity index (χ2n) is 10.7. The van der Waals surface area contributed by atoms with E-state index < -0.39 is 52.6 Å². The van der Waals surface area contributed by atoms with Gasteiger partial charge in [0.15, 0.2) is 0 Å². The Morgan fingerprint density at radius 2 is 1.79 bits per heavy atom. The summed E-state index contributed by atoms with van der Waals surface area (Å²) in [6, 6.07) is 10.4. The standard InChI is InChI=1S/C29H26ClFN2O5/c1-3-32-25(35)17-10-9-15-18(23(17)27(32)37)13-19-26(36)33(14-8-11-21(31)20(30)12-14)28(38)29(19,2)24(15)16-6-4-5-7-22(16)34/h4-9,11-12,17-19,23-24,34H,3,10,13H2,1-2H3. The average Bonchev–Trinajstić information content (AvgIpc) is 3.25. The van der Waals surface area contributed by atoms with Crippen molar-refractivity contribution in [1.29, 1.82) is 0 Å². The maximum Gasteiger partial charge on any atom is 0.241 e. The molecule has 6 rings (SSSR count). The van der Waals surface area contributed by atoms with Crippen molar-refractivity contribution in [2.75, 3.05) is 11.4 Å². The van der Waals surface area contributed by atoms with Gasteiger partial charge in [0, 0.05) is 18.0 Å². The molecule has 2 aromatic rings. The molecule has 6 atom stereocenters. The van der Waals surface area contributed by atoms with Crippen LogP contribution in [0.25, 0.3) is 0 Å². The number of para-hydroxylation sites is 1. The van der Waals surface area contributed by atoms with Gasteiger partial charge in [-0.2, -0.15) is 0 Å². The Morgan fingerprint density at radius 3 is 2.47 bits per heavy atom. The van der Waals surface area contributed by atoms with Crippen molar-refractivity contribution in [1.82, 2.24) is 4.90 Å². The molecule has 2 aliphatic carbocycles. The minimum absolute atomic E-state index is 0.0197. The molecule has 4 amide bonds. The normalized spacial score (nSPS) is 32.3. The number of carbonyl (C=O) groups excluding carboxylic acids is 4.